The molecule has 0 bridgehead atoms. The predicted molar refractivity (Wildman–Crippen MR) is 62.6 cm³/mol. The molecule has 2 rings (SSSR count). The molecule has 0 amide bonds. The van der Waals surface area contributed by atoms with Crippen molar-refractivity contribution in [2.24, 2.45) is 0 Å². The van der Waals surface area contributed by atoms with Gasteiger partial charge in [-0.25, -0.2) is 4.98 Å². The van der Waals surface area contributed by atoms with Crippen LogP contribution in [0, 0.1) is 6.92 Å². The number of nitrogens with two attached hydrogens (primary N) is 1. The first-order valence-corrected chi connectivity index (χ1v) is 4.81. The van der Waals surface area contributed by atoms with Gasteiger partial charge >= 0.3 is 0 Å². The molecule has 1 aromatic carbocycles. The molecule has 0 aliphatic carbocycles. The topological polar surface area (TPSA) is 84.1 Å². The van der Waals surface area contributed by atoms with E-state index in [-0.39, 0.29) is 5.75 Å². The van der Waals surface area contributed by atoms with Crippen molar-refractivity contribution in [2.75, 3.05) is 11.1 Å². The normalized spacial score (nSPS) is 10.1. The van der Waals surface area contributed by atoms with E-state index >= 15 is 0 Å². The maximum atomic E-state index is 9.56. The number of nitrogens with zero attached hydrogens (tertiary/aromatic N) is 2. The fourth-order valence-electron chi connectivity index (χ4n) is 1.35. The Hall–Kier alpha value is -2.30. The van der Waals surface area contributed by atoms with Crippen molar-refractivity contribution >= 4 is 17.5 Å². The van der Waals surface area contributed by atoms with Gasteiger partial charge in [0.2, 0.25) is 5.95 Å². The minimum absolute atomic E-state index is 0.145. The molecule has 4 N–H and O–H groups in total. The van der Waals surface area contributed by atoms with Crippen molar-refractivity contribution in [1.29, 1.82) is 0 Å². The number of phenolic OH excluding ortho intramolecular Hbond substituents is 1. The van der Waals surface area contributed by atoms with Crippen molar-refractivity contribution < 1.29 is 5.11 Å². The van der Waals surface area contributed by atoms with E-state index in [2.05, 4.69) is 15.3 Å². The number of rotatable bonds is 2. The van der Waals surface area contributed by atoms with E-state index in [1.807, 2.05) is 6.92 Å². The molecule has 0 unspecified atom stereocenters. The Balaban J connectivity index is 2.30. The third-order valence-corrected chi connectivity index (χ3v) is 2.02. The van der Waals surface area contributed by atoms with Gasteiger partial charge in [-0.05, 0) is 19.1 Å². The number of hydrogen-bond acceptors (Lipinski definition) is 5. The van der Waals surface area contributed by atoms with Crippen LogP contribution in [0.2, 0.25) is 0 Å². The van der Waals surface area contributed by atoms with E-state index in [1.54, 1.807) is 30.3 Å². The number of anilines is 3. The third kappa shape index (κ3) is 2.20. The molecule has 0 fully saturated rings. The van der Waals surface area contributed by atoms with Gasteiger partial charge in [-0.3, -0.25) is 0 Å². The molecule has 0 atom stereocenters. The Morgan fingerprint density at radius 2 is 2.00 bits per heavy atom. The Labute approximate surface area is 93.0 Å². The molecular weight excluding hydrogens is 204 g/mol. The number of aromatic hydroxyl groups is 1. The second-order valence-electron chi connectivity index (χ2n) is 3.40. The van der Waals surface area contributed by atoms with Crippen molar-refractivity contribution in [3.8, 4) is 5.75 Å². The van der Waals surface area contributed by atoms with E-state index in [0.29, 0.717) is 17.5 Å². The average molecular weight is 216 g/mol. The Morgan fingerprint density at radius 3 is 2.69 bits per heavy atom. The minimum Gasteiger partial charge on any atom is -0.506 e. The van der Waals surface area contributed by atoms with E-state index < -0.39 is 0 Å². The number of hydrogen-bond donors (Lipinski definition) is 3. The van der Waals surface area contributed by atoms with Gasteiger partial charge in [-0.2, -0.15) is 4.98 Å². The molecule has 1 heterocycles. The molecule has 1 aromatic heterocycles. The lowest BCUT2D eigenvalue weighted by Gasteiger charge is -2.07. The Bertz CT molecular complexity index is 493. The molecule has 0 saturated carbocycles. The summed E-state index contributed by atoms with van der Waals surface area (Å²) in [7, 11) is 0. The molecule has 0 radical (unpaired) electrons. The number of aromatic nitrogens is 2. The van der Waals surface area contributed by atoms with Crippen molar-refractivity contribution in [1.82, 2.24) is 9.97 Å². The summed E-state index contributed by atoms with van der Waals surface area (Å²) in [5.74, 6) is 0.913. The molecule has 82 valence electrons. The standard InChI is InChI=1S/C11H12N4O/c1-7-6-10(12)15-11(13-7)14-8-4-2-3-5-9(8)16/h2-6,16H,1H3,(H3,12,13,14,15). The first-order chi connectivity index (χ1) is 7.65. The molecule has 2 aromatic rings. The predicted octanol–water partition coefficient (Wildman–Crippen LogP) is 1.82. The highest BCUT2D eigenvalue weighted by Crippen LogP contribution is 2.24. The first-order valence-electron chi connectivity index (χ1n) is 4.81. The highest BCUT2D eigenvalue weighted by atomic mass is 16.3. The number of phenols is 1. The zero-order chi connectivity index (χ0) is 11.5. The average Bonchev–Trinajstić information content (AvgIpc) is 2.20. The van der Waals surface area contributed by atoms with Crippen LogP contribution in [0.3, 0.4) is 0 Å². The number of para-hydroxylation sites is 2. The molecule has 16 heavy (non-hydrogen) atoms. The second kappa shape index (κ2) is 4.06. The van der Waals surface area contributed by atoms with Crippen LogP contribution in [-0.2, 0) is 0 Å². The molecule has 5 heteroatoms. The molecular formula is C11H12N4O. The fraction of sp³-hybridized carbons (Fsp3) is 0.0909. The lowest BCUT2D eigenvalue weighted by Crippen LogP contribution is -2.01. The molecule has 5 nitrogen and oxygen atoms in total. The highest BCUT2D eigenvalue weighted by Gasteiger charge is 2.03. The van der Waals surface area contributed by atoms with Gasteiger partial charge in [0.1, 0.15) is 11.6 Å². The number of nitrogens with one attached hydrogen (secondary N) is 1. The Morgan fingerprint density at radius 1 is 1.25 bits per heavy atom. The largest absolute Gasteiger partial charge is 0.506 e. The summed E-state index contributed by atoms with van der Waals surface area (Å²) < 4.78 is 0. The number of aryl methyl sites for hydroxylation is 1. The summed E-state index contributed by atoms with van der Waals surface area (Å²) in [6.07, 6.45) is 0. The zero-order valence-corrected chi connectivity index (χ0v) is 8.81. The van der Waals surface area contributed by atoms with Gasteiger partial charge in [0.25, 0.3) is 0 Å². The number of nitrogen functional groups attached to an aromatic ring is 1. The summed E-state index contributed by atoms with van der Waals surface area (Å²) in [6.45, 7) is 1.83. The summed E-state index contributed by atoms with van der Waals surface area (Å²) in [6, 6.07) is 8.54. The van der Waals surface area contributed by atoms with Gasteiger partial charge in [0.05, 0.1) is 5.69 Å². The van der Waals surface area contributed by atoms with Crippen LogP contribution in [0.15, 0.2) is 30.3 Å². The quantitative estimate of drug-likeness (QED) is 0.667. The van der Waals surface area contributed by atoms with Crippen LogP contribution in [0.25, 0.3) is 0 Å². The lowest BCUT2D eigenvalue weighted by atomic mass is 10.3. The fourth-order valence-corrected chi connectivity index (χ4v) is 1.35. The lowest BCUT2D eigenvalue weighted by molar-refractivity contribution is 0.477. The summed E-state index contributed by atoms with van der Waals surface area (Å²) in [5, 5.41) is 12.5. The third-order valence-electron chi connectivity index (χ3n) is 2.02. The maximum Gasteiger partial charge on any atom is 0.229 e. The van der Waals surface area contributed by atoms with Gasteiger partial charge < -0.3 is 16.2 Å². The van der Waals surface area contributed by atoms with Gasteiger partial charge in [-0.1, -0.05) is 12.1 Å². The van der Waals surface area contributed by atoms with E-state index in [0.717, 1.165) is 5.69 Å². The first kappa shape index (κ1) is 10.2. The van der Waals surface area contributed by atoms with Gasteiger partial charge in [0.15, 0.2) is 0 Å². The van der Waals surface area contributed by atoms with Crippen molar-refractivity contribution in [3.05, 3.63) is 36.0 Å². The smallest absolute Gasteiger partial charge is 0.229 e. The van der Waals surface area contributed by atoms with E-state index in [1.165, 1.54) is 0 Å². The Kier molecular flexibility index (Phi) is 2.59. The van der Waals surface area contributed by atoms with Crippen LogP contribution >= 0.6 is 0 Å². The summed E-state index contributed by atoms with van der Waals surface area (Å²) in [5.41, 5.74) is 6.92. The van der Waals surface area contributed by atoms with Crippen LogP contribution in [-0.4, -0.2) is 15.1 Å². The van der Waals surface area contributed by atoms with Crippen LogP contribution < -0.4 is 11.1 Å². The van der Waals surface area contributed by atoms with Crippen LogP contribution in [0.4, 0.5) is 17.5 Å². The van der Waals surface area contributed by atoms with Crippen molar-refractivity contribution in [2.45, 2.75) is 6.92 Å². The molecule has 0 spiro atoms. The number of benzene rings is 1. The minimum atomic E-state index is 0.145. The second-order valence-corrected chi connectivity index (χ2v) is 3.40. The molecule has 0 saturated heterocycles. The van der Waals surface area contributed by atoms with E-state index in [9.17, 15) is 5.11 Å². The molecule has 0 aliphatic rings. The van der Waals surface area contributed by atoms with Crippen LogP contribution in [0.1, 0.15) is 5.69 Å². The van der Waals surface area contributed by atoms with Gasteiger partial charge in [-0.15, -0.1) is 0 Å². The summed E-state index contributed by atoms with van der Waals surface area (Å²) >= 11 is 0. The van der Waals surface area contributed by atoms with E-state index in [4.69, 9.17) is 5.73 Å². The zero-order valence-electron chi connectivity index (χ0n) is 8.81. The monoisotopic (exact) mass is 216 g/mol. The molecule has 0 aliphatic heterocycles. The summed E-state index contributed by atoms with van der Waals surface area (Å²) in [4.78, 5) is 8.17. The van der Waals surface area contributed by atoms with Crippen LogP contribution in [0.5, 0.6) is 5.75 Å². The highest BCUT2D eigenvalue weighted by molar-refractivity contribution is 5.62. The maximum absolute atomic E-state index is 9.56. The SMILES string of the molecule is Cc1cc(N)nc(Nc2ccccc2O)n1. The van der Waals surface area contributed by atoms with Gasteiger partial charge in [0, 0.05) is 11.8 Å². The van der Waals surface area contributed by atoms with Crippen molar-refractivity contribution in [3.63, 3.8) is 0 Å².